The number of rotatable bonds is 8. The fourth-order valence-electron chi connectivity index (χ4n) is 2.10. The molecule has 1 unspecified atom stereocenters. The van der Waals surface area contributed by atoms with Crippen molar-refractivity contribution in [3.05, 3.63) is 48.4 Å². The zero-order chi connectivity index (χ0) is 17.4. The van der Waals surface area contributed by atoms with Gasteiger partial charge in [-0.15, -0.1) is 0 Å². The van der Waals surface area contributed by atoms with E-state index in [9.17, 15) is 9.59 Å². The van der Waals surface area contributed by atoms with Crippen LogP contribution in [0, 0.1) is 0 Å². The predicted octanol–water partition coefficient (Wildman–Crippen LogP) is 2.02. The smallest absolute Gasteiger partial charge is 0.274 e. The molecule has 0 saturated carbocycles. The van der Waals surface area contributed by atoms with Crippen LogP contribution in [0.5, 0.6) is 0 Å². The van der Waals surface area contributed by atoms with Gasteiger partial charge in [-0.25, -0.2) is 4.98 Å². The van der Waals surface area contributed by atoms with E-state index < -0.39 is 0 Å². The summed E-state index contributed by atoms with van der Waals surface area (Å²) in [5.74, 6) is 0.283. The molecule has 2 rings (SSSR count). The minimum absolute atomic E-state index is 0.0826. The minimum atomic E-state index is -0.282. The molecule has 2 heterocycles. The summed E-state index contributed by atoms with van der Waals surface area (Å²) in [6.07, 6.45) is 7.02. The summed E-state index contributed by atoms with van der Waals surface area (Å²) in [5, 5.41) is 2.89. The van der Waals surface area contributed by atoms with Crippen LogP contribution < -0.4 is 5.32 Å². The van der Waals surface area contributed by atoms with E-state index in [2.05, 4.69) is 15.3 Å². The first-order chi connectivity index (χ1) is 11.6. The van der Waals surface area contributed by atoms with E-state index in [1.807, 2.05) is 13.8 Å². The second kappa shape index (κ2) is 8.81. The molecular weight excluding hydrogens is 308 g/mol. The fraction of sp³-hybridized carbons (Fsp3) is 0.412. The van der Waals surface area contributed by atoms with Crippen molar-refractivity contribution in [2.75, 3.05) is 6.54 Å². The molecule has 0 spiro atoms. The number of aromatic nitrogens is 2. The van der Waals surface area contributed by atoms with Crippen LogP contribution >= 0.6 is 0 Å². The highest BCUT2D eigenvalue weighted by atomic mass is 16.3. The van der Waals surface area contributed by atoms with Crippen molar-refractivity contribution in [3.8, 4) is 0 Å². The van der Waals surface area contributed by atoms with Crippen molar-refractivity contribution in [2.24, 2.45) is 0 Å². The number of carbonyl (C=O) groups excluding carboxylic acids is 2. The van der Waals surface area contributed by atoms with Gasteiger partial charge in [0.1, 0.15) is 11.5 Å². The van der Waals surface area contributed by atoms with Crippen LogP contribution in [0.4, 0.5) is 0 Å². The maximum Gasteiger partial charge on any atom is 0.274 e. The Morgan fingerprint density at radius 3 is 2.83 bits per heavy atom. The molecule has 0 radical (unpaired) electrons. The highest BCUT2D eigenvalue weighted by molar-refractivity contribution is 5.92. The second-order valence-corrected chi connectivity index (χ2v) is 5.52. The Balaban J connectivity index is 2.03. The minimum Gasteiger partial charge on any atom is -0.467 e. The largest absolute Gasteiger partial charge is 0.467 e. The van der Waals surface area contributed by atoms with Crippen molar-refractivity contribution in [1.82, 2.24) is 20.2 Å². The molecule has 128 valence electrons. The number of hydrogen-bond acceptors (Lipinski definition) is 5. The third-order valence-corrected chi connectivity index (χ3v) is 3.62. The molecule has 2 aromatic heterocycles. The van der Waals surface area contributed by atoms with Crippen molar-refractivity contribution in [1.29, 1.82) is 0 Å². The second-order valence-electron chi connectivity index (χ2n) is 5.52. The molecule has 2 amide bonds. The molecule has 0 bridgehead atoms. The molecule has 0 aliphatic heterocycles. The summed E-state index contributed by atoms with van der Waals surface area (Å²) in [7, 11) is 0. The Morgan fingerprint density at radius 1 is 1.38 bits per heavy atom. The van der Waals surface area contributed by atoms with E-state index in [1.54, 1.807) is 23.3 Å². The lowest BCUT2D eigenvalue weighted by atomic mass is 10.2. The molecular formula is C17H22N4O3. The highest BCUT2D eigenvalue weighted by Crippen LogP contribution is 2.10. The van der Waals surface area contributed by atoms with E-state index in [0.29, 0.717) is 5.76 Å². The average Bonchev–Trinajstić information content (AvgIpc) is 3.11. The van der Waals surface area contributed by atoms with Crippen molar-refractivity contribution >= 4 is 11.8 Å². The molecule has 0 saturated heterocycles. The first kappa shape index (κ1) is 17.7. The Morgan fingerprint density at radius 2 is 2.21 bits per heavy atom. The summed E-state index contributed by atoms with van der Waals surface area (Å²) in [5.41, 5.74) is 0.242. The van der Waals surface area contributed by atoms with Crippen LogP contribution in [0.2, 0.25) is 0 Å². The fourth-order valence-corrected chi connectivity index (χ4v) is 2.10. The average molecular weight is 330 g/mol. The monoisotopic (exact) mass is 330 g/mol. The molecule has 0 aromatic carbocycles. The predicted molar refractivity (Wildman–Crippen MR) is 88.0 cm³/mol. The Hall–Kier alpha value is -2.70. The van der Waals surface area contributed by atoms with Gasteiger partial charge in [0.2, 0.25) is 5.91 Å². The Bertz CT molecular complexity index is 643. The van der Waals surface area contributed by atoms with Crippen LogP contribution in [0.15, 0.2) is 41.4 Å². The lowest BCUT2D eigenvalue weighted by Crippen LogP contribution is -2.37. The van der Waals surface area contributed by atoms with E-state index in [4.69, 9.17) is 4.42 Å². The van der Waals surface area contributed by atoms with Gasteiger partial charge in [0.15, 0.2) is 0 Å². The summed E-state index contributed by atoms with van der Waals surface area (Å²) in [6, 6.07) is 3.67. The van der Waals surface area contributed by atoms with Gasteiger partial charge >= 0.3 is 0 Å². The molecule has 7 heteroatoms. The van der Waals surface area contributed by atoms with Crippen LogP contribution in [-0.2, 0) is 11.3 Å². The van der Waals surface area contributed by atoms with Crippen LogP contribution in [0.1, 0.15) is 42.9 Å². The Kier molecular flexibility index (Phi) is 6.48. The molecule has 1 N–H and O–H groups in total. The maximum absolute atomic E-state index is 12.6. The van der Waals surface area contributed by atoms with Crippen LogP contribution in [0.3, 0.4) is 0 Å². The van der Waals surface area contributed by atoms with Gasteiger partial charge in [0.05, 0.1) is 19.0 Å². The van der Waals surface area contributed by atoms with Gasteiger partial charge in [-0.2, -0.15) is 0 Å². The summed E-state index contributed by atoms with van der Waals surface area (Å²) in [4.78, 5) is 34.1. The molecule has 0 aliphatic rings. The zero-order valence-electron chi connectivity index (χ0n) is 13.9. The van der Waals surface area contributed by atoms with Gasteiger partial charge in [0.25, 0.3) is 5.91 Å². The number of hydrogen-bond donors (Lipinski definition) is 1. The first-order valence-electron chi connectivity index (χ1n) is 7.97. The van der Waals surface area contributed by atoms with Gasteiger partial charge < -0.3 is 14.6 Å². The van der Waals surface area contributed by atoms with E-state index in [1.165, 1.54) is 18.6 Å². The highest BCUT2D eigenvalue weighted by Gasteiger charge is 2.20. The van der Waals surface area contributed by atoms with E-state index in [0.717, 1.165) is 6.42 Å². The van der Waals surface area contributed by atoms with Gasteiger partial charge in [-0.05, 0) is 25.5 Å². The summed E-state index contributed by atoms with van der Waals surface area (Å²) < 4.78 is 5.31. The number of nitrogens with zero attached hydrogens (tertiary/aromatic N) is 3. The van der Waals surface area contributed by atoms with Crippen molar-refractivity contribution in [2.45, 2.75) is 39.3 Å². The standard InChI is InChI=1S/C17H22N4O3/c1-3-13(2)20-16(22)6-9-21(12-14-5-4-10-24-14)17(23)15-11-18-7-8-19-15/h4-5,7-8,10-11,13H,3,6,9,12H2,1-2H3,(H,20,22). The molecule has 0 aliphatic carbocycles. The molecule has 7 nitrogen and oxygen atoms in total. The van der Waals surface area contributed by atoms with Crippen molar-refractivity contribution < 1.29 is 14.0 Å². The van der Waals surface area contributed by atoms with E-state index >= 15 is 0 Å². The Labute approximate surface area is 141 Å². The van der Waals surface area contributed by atoms with Gasteiger partial charge in [-0.1, -0.05) is 6.92 Å². The van der Waals surface area contributed by atoms with Crippen LogP contribution in [0.25, 0.3) is 0 Å². The maximum atomic E-state index is 12.6. The lowest BCUT2D eigenvalue weighted by molar-refractivity contribution is -0.121. The SMILES string of the molecule is CCC(C)NC(=O)CCN(Cc1ccco1)C(=O)c1cnccn1. The van der Waals surface area contributed by atoms with Crippen LogP contribution in [-0.4, -0.2) is 39.3 Å². The zero-order valence-corrected chi connectivity index (χ0v) is 13.9. The number of carbonyl (C=O) groups is 2. The first-order valence-corrected chi connectivity index (χ1v) is 7.97. The lowest BCUT2D eigenvalue weighted by Gasteiger charge is -2.21. The summed E-state index contributed by atoms with van der Waals surface area (Å²) >= 11 is 0. The number of furan rings is 1. The molecule has 24 heavy (non-hydrogen) atoms. The summed E-state index contributed by atoms with van der Waals surface area (Å²) in [6.45, 7) is 4.51. The molecule has 2 aromatic rings. The number of amides is 2. The third-order valence-electron chi connectivity index (χ3n) is 3.62. The topological polar surface area (TPSA) is 88.3 Å². The van der Waals surface area contributed by atoms with Gasteiger partial charge in [0, 0.05) is 31.4 Å². The molecule has 0 fully saturated rings. The van der Waals surface area contributed by atoms with E-state index in [-0.39, 0.29) is 43.1 Å². The quantitative estimate of drug-likeness (QED) is 0.800. The van der Waals surface area contributed by atoms with Gasteiger partial charge in [-0.3, -0.25) is 14.6 Å². The number of nitrogens with one attached hydrogen (secondary N) is 1. The molecule has 1 atom stereocenters. The third kappa shape index (κ3) is 5.19. The van der Waals surface area contributed by atoms with Crippen molar-refractivity contribution in [3.63, 3.8) is 0 Å². The normalized spacial score (nSPS) is 11.8.